The van der Waals surface area contributed by atoms with E-state index in [1.807, 2.05) is 24.1 Å². The number of likely N-dealkylation sites (tertiary alicyclic amines) is 1. The van der Waals surface area contributed by atoms with Gasteiger partial charge in [0, 0.05) is 38.8 Å². The van der Waals surface area contributed by atoms with Gasteiger partial charge in [-0.1, -0.05) is 37.3 Å². The second kappa shape index (κ2) is 5.93. The van der Waals surface area contributed by atoms with Crippen molar-refractivity contribution in [1.82, 2.24) is 9.88 Å². The van der Waals surface area contributed by atoms with E-state index in [-0.39, 0.29) is 11.3 Å². The lowest BCUT2D eigenvalue weighted by atomic mass is 9.85. The maximum Gasteiger partial charge on any atom is 0.222 e. The number of anilines is 1. The second-order valence-corrected chi connectivity index (χ2v) is 6.91. The molecule has 4 nitrogen and oxygen atoms in total. The van der Waals surface area contributed by atoms with E-state index in [1.54, 1.807) is 0 Å². The quantitative estimate of drug-likeness (QED) is 0.872. The first-order valence-corrected chi connectivity index (χ1v) is 8.74. The van der Waals surface area contributed by atoms with Crippen molar-refractivity contribution in [2.24, 2.45) is 0 Å². The van der Waals surface area contributed by atoms with Gasteiger partial charge in [-0.3, -0.25) is 9.78 Å². The van der Waals surface area contributed by atoms with Crippen LogP contribution in [0.15, 0.2) is 48.7 Å². The van der Waals surface area contributed by atoms with Crippen molar-refractivity contribution < 1.29 is 4.79 Å². The third-order valence-electron chi connectivity index (χ3n) is 5.35. The van der Waals surface area contributed by atoms with Gasteiger partial charge in [0.25, 0.3) is 0 Å². The minimum Gasteiger partial charge on any atom is -0.365 e. The predicted octanol–water partition coefficient (Wildman–Crippen LogP) is 2.98. The fraction of sp³-hybridized carbons (Fsp3) is 0.400. The van der Waals surface area contributed by atoms with Crippen molar-refractivity contribution in [3.05, 3.63) is 59.9 Å². The van der Waals surface area contributed by atoms with E-state index in [1.165, 1.54) is 16.9 Å². The summed E-state index contributed by atoms with van der Waals surface area (Å²) in [4.78, 5) is 21.3. The van der Waals surface area contributed by atoms with Gasteiger partial charge < -0.3 is 9.80 Å². The Morgan fingerprint density at radius 2 is 2.00 bits per heavy atom. The summed E-state index contributed by atoms with van der Waals surface area (Å²) in [7, 11) is 0. The maximum atomic E-state index is 12.1. The summed E-state index contributed by atoms with van der Waals surface area (Å²) < 4.78 is 0. The van der Waals surface area contributed by atoms with Crippen LogP contribution in [-0.4, -0.2) is 35.4 Å². The molecular weight excluding hydrogens is 298 g/mol. The Hall–Kier alpha value is -2.36. The van der Waals surface area contributed by atoms with Crippen molar-refractivity contribution in [3.8, 4) is 0 Å². The van der Waals surface area contributed by atoms with Crippen LogP contribution in [0.4, 0.5) is 5.69 Å². The molecule has 1 unspecified atom stereocenters. The molecule has 1 fully saturated rings. The summed E-state index contributed by atoms with van der Waals surface area (Å²) in [6.07, 6.45) is 3.48. The monoisotopic (exact) mass is 321 g/mol. The number of carbonyl (C=O) groups excluding carboxylic acids is 1. The van der Waals surface area contributed by atoms with E-state index in [9.17, 15) is 4.79 Å². The summed E-state index contributed by atoms with van der Waals surface area (Å²) >= 11 is 0. The molecule has 2 aliphatic rings. The molecule has 4 rings (SSSR count). The van der Waals surface area contributed by atoms with Gasteiger partial charge in [-0.05, 0) is 24.1 Å². The fourth-order valence-corrected chi connectivity index (χ4v) is 4.16. The standard InChI is InChI=1S/C20H23N3O/c1-2-18(24)22-12-10-20(14-22)15-23(13-16-7-4-3-5-8-16)17-9-6-11-21-19(17)20/h3-9,11H,2,10,12-15H2,1H3. The van der Waals surface area contributed by atoms with Gasteiger partial charge in [-0.15, -0.1) is 0 Å². The lowest BCUT2D eigenvalue weighted by Crippen LogP contribution is -2.38. The van der Waals surface area contributed by atoms with Gasteiger partial charge in [0.1, 0.15) is 0 Å². The zero-order valence-electron chi connectivity index (χ0n) is 14.1. The number of pyridine rings is 1. The first-order valence-electron chi connectivity index (χ1n) is 8.74. The number of nitrogens with zero attached hydrogens (tertiary/aromatic N) is 3. The van der Waals surface area contributed by atoms with E-state index in [0.29, 0.717) is 6.42 Å². The van der Waals surface area contributed by atoms with Gasteiger partial charge >= 0.3 is 0 Å². The Kier molecular flexibility index (Phi) is 3.75. The third-order valence-corrected chi connectivity index (χ3v) is 5.35. The molecule has 24 heavy (non-hydrogen) atoms. The normalized spacial score (nSPS) is 22.2. The van der Waals surface area contributed by atoms with E-state index in [2.05, 4.69) is 41.3 Å². The van der Waals surface area contributed by atoms with E-state index >= 15 is 0 Å². The number of aromatic nitrogens is 1. The minimum absolute atomic E-state index is 0.00377. The average molecular weight is 321 g/mol. The van der Waals surface area contributed by atoms with Crippen LogP contribution in [-0.2, 0) is 16.8 Å². The molecule has 2 aliphatic heterocycles. The molecule has 4 heteroatoms. The predicted molar refractivity (Wildman–Crippen MR) is 94.9 cm³/mol. The highest BCUT2D eigenvalue weighted by Gasteiger charge is 2.49. The molecule has 1 aromatic heterocycles. The highest BCUT2D eigenvalue weighted by atomic mass is 16.2. The van der Waals surface area contributed by atoms with Gasteiger partial charge in [-0.2, -0.15) is 0 Å². The number of benzene rings is 1. The molecule has 0 bridgehead atoms. The molecular formula is C20H23N3O. The topological polar surface area (TPSA) is 36.4 Å². The smallest absolute Gasteiger partial charge is 0.222 e. The maximum absolute atomic E-state index is 12.1. The summed E-state index contributed by atoms with van der Waals surface area (Å²) in [6, 6.07) is 14.7. The van der Waals surface area contributed by atoms with Crippen molar-refractivity contribution in [3.63, 3.8) is 0 Å². The molecule has 1 saturated heterocycles. The van der Waals surface area contributed by atoms with E-state index < -0.39 is 0 Å². The summed E-state index contributed by atoms with van der Waals surface area (Å²) in [5, 5.41) is 0. The molecule has 1 spiro atoms. The Bertz CT molecular complexity index is 746. The van der Waals surface area contributed by atoms with Gasteiger partial charge in [0.15, 0.2) is 0 Å². The number of rotatable bonds is 3. The summed E-state index contributed by atoms with van der Waals surface area (Å²) in [5.41, 5.74) is 3.71. The zero-order chi connectivity index (χ0) is 16.6. The second-order valence-electron chi connectivity index (χ2n) is 6.91. The van der Waals surface area contributed by atoms with E-state index in [0.717, 1.165) is 32.6 Å². The van der Waals surface area contributed by atoms with Crippen LogP contribution in [0.25, 0.3) is 0 Å². The molecule has 0 aliphatic carbocycles. The lowest BCUT2D eigenvalue weighted by Gasteiger charge is -2.25. The largest absolute Gasteiger partial charge is 0.365 e. The minimum atomic E-state index is -0.00377. The number of hydrogen-bond acceptors (Lipinski definition) is 3. The Balaban J connectivity index is 1.63. The van der Waals surface area contributed by atoms with Crippen LogP contribution >= 0.6 is 0 Å². The molecule has 1 aromatic carbocycles. The number of hydrogen-bond donors (Lipinski definition) is 0. The molecule has 0 saturated carbocycles. The molecule has 124 valence electrons. The van der Waals surface area contributed by atoms with Crippen LogP contribution < -0.4 is 4.90 Å². The number of amides is 1. The molecule has 3 heterocycles. The molecule has 1 atom stereocenters. The van der Waals surface area contributed by atoms with Crippen molar-refractivity contribution in [1.29, 1.82) is 0 Å². The Labute approximate surface area is 143 Å². The average Bonchev–Trinajstić information content (AvgIpc) is 3.19. The highest BCUT2D eigenvalue weighted by Crippen LogP contribution is 2.45. The van der Waals surface area contributed by atoms with Crippen LogP contribution in [0.2, 0.25) is 0 Å². The van der Waals surface area contributed by atoms with Gasteiger partial charge in [0.05, 0.1) is 16.8 Å². The first-order chi connectivity index (χ1) is 11.7. The molecule has 1 amide bonds. The highest BCUT2D eigenvalue weighted by molar-refractivity contribution is 5.77. The van der Waals surface area contributed by atoms with Crippen LogP contribution in [0.3, 0.4) is 0 Å². The number of fused-ring (bicyclic) bond motifs is 2. The van der Waals surface area contributed by atoms with Gasteiger partial charge in [-0.25, -0.2) is 0 Å². The fourth-order valence-electron chi connectivity index (χ4n) is 4.16. The van der Waals surface area contributed by atoms with Crippen LogP contribution in [0.1, 0.15) is 31.0 Å². The van der Waals surface area contributed by atoms with Crippen LogP contribution in [0, 0.1) is 0 Å². The first kappa shape index (κ1) is 15.2. The van der Waals surface area contributed by atoms with Crippen molar-refractivity contribution >= 4 is 11.6 Å². The Morgan fingerprint density at radius 3 is 2.79 bits per heavy atom. The lowest BCUT2D eigenvalue weighted by molar-refractivity contribution is -0.129. The zero-order valence-corrected chi connectivity index (χ0v) is 14.1. The third kappa shape index (κ3) is 2.46. The molecule has 2 aromatic rings. The van der Waals surface area contributed by atoms with Crippen molar-refractivity contribution in [2.75, 3.05) is 24.5 Å². The molecule has 0 N–H and O–H groups in total. The van der Waals surface area contributed by atoms with Crippen LogP contribution in [0.5, 0.6) is 0 Å². The van der Waals surface area contributed by atoms with Gasteiger partial charge in [0.2, 0.25) is 5.91 Å². The number of carbonyl (C=O) groups is 1. The summed E-state index contributed by atoms with van der Waals surface area (Å²) in [5.74, 6) is 0.255. The Morgan fingerprint density at radius 1 is 1.17 bits per heavy atom. The van der Waals surface area contributed by atoms with E-state index in [4.69, 9.17) is 4.98 Å². The van der Waals surface area contributed by atoms with Crippen molar-refractivity contribution in [2.45, 2.75) is 31.7 Å². The summed E-state index contributed by atoms with van der Waals surface area (Å²) in [6.45, 7) is 5.43. The SMILES string of the molecule is CCC(=O)N1CCC2(C1)CN(Cc1ccccc1)c1cccnc12. The molecule has 0 radical (unpaired) electrons.